The Morgan fingerprint density at radius 1 is 1.33 bits per heavy atom. The molecule has 1 saturated carbocycles. The summed E-state index contributed by atoms with van der Waals surface area (Å²) < 4.78 is 0. The fourth-order valence-corrected chi connectivity index (χ4v) is 2.12. The van der Waals surface area contributed by atoms with Gasteiger partial charge in [-0.25, -0.2) is 4.98 Å². The third-order valence-corrected chi connectivity index (χ3v) is 3.38. The van der Waals surface area contributed by atoms with Crippen LogP contribution in [0.2, 0.25) is 0 Å². The minimum atomic E-state index is -0.0515. The fourth-order valence-electron chi connectivity index (χ4n) is 2.12. The highest BCUT2D eigenvalue weighted by Crippen LogP contribution is 2.19. The van der Waals surface area contributed by atoms with E-state index in [-0.39, 0.29) is 5.91 Å². The molecule has 1 aliphatic carbocycles. The highest BCUT2D eigenvalue weighted by molar-refractivity contribution is 5.92. The smallest absolute Gasteiger partial charge is 0.270 e. The highest BCUT2D eigenvalue weighted by Gasteiger charge is 2.24. The summed E-state index contributed by atoms with van der Waals surface area (Å²) >= 11 is 0. The predicted molar refractivity (Wildman–Crippen MR) is 69.8 cm³/mol. The van der Waals surface area contributed by atoms with E-state index in [2.05, 4.69) is 20.5 Å². The van der Waals surface area contributed by atoms with Gasteiger partial charge in [0, 0.05) is 32.2 Å². The van der Waals surface area contributed by atoms with Crippen LogP contribution in [0.1, 0.15) is 23.3 Å². The molecule has 96 valence electrons. The maximum Gasteiger partial charge on any atom is 0.270 e. The third-order valence-electron chi connectivity index (χ3n) is 3.38. The molecule has 0 bridgehead atoms. The summed E-state index contributed by atoms with van der Waals surface area (Å²) in [6.07, 6.45) is 4.00. The minimum absolute atomic E-state index is 0.0515. The normalized spacial score (nSPS) is 19.7. The first kappa shape index (κ1) is 11.5. The summed E-state index contributed by atoms with van der Waals surface area (Å²) in [5.41, 5.74) is 1.61. The van der Waals surface area contributed by atoms with E-state index in [1.54, 1.807) is 6.20 Å². The highest BCUT2D eigenvalue weighted by atomic mass is 16.2. The van der Waals surface area contributed by atoms with E-state index in [4.69, 9.17) is 0 Å². The number of nitrogens with one attached hydrogen (secondary N) is 2. The Bertz CT molecular complexity index is 421. The van der Waals surface area contributed by atoms with Crippen LogP contribution in [0, 0.1) is 0 Å². The second kappa shape index (κ2) is 4.94. The molecule has 5 heteroatoms. The first-order valence-electron chi connectivity index (χ1n) is 6.55. The lowest BCUT2D eigenvalue weighted by atomic mass is 10.2. The van der Waals surface area contributed by atoms with Gasteiger partial charge in [0.2, 0.25) is 0 Å². The van der Waals surface area contributed by atoms with Crippen LogP contribution in [-0.4, -0.2) is 43.1 Å². The number of pyridine rings is 1. The summed E-state index contributed by atoms with van der Waals surface area (Å²) in [6.45, 7) is 4.00. The summed E-state index contributed by atoms with van der Waals surface area (Å²) in [7, 11) is 0. The molecule has 0 radical (unpaired) electrons. The van der Waals surface area contributed by atoms with Crippen molar-refractivity contribution in [2.24, 2.45) is 0 Å². The Kier molecular flexibility index (Phi) is 3.15. The molecular formula is C13H18N4O. The van der Waals surface area contributed by atoms with Gasteiger partial charge in [-0.15, -0.1) is 0 Å². The molecule has 1 saturated heterocycles. The average Bonchev–Trinajstić information content (AvgIpc) is 3.24. The number of carbonyl (C=O) groups excluding carboxylic acids is 1. The number of hydrogen-bond donors (Lipinski definition) is 2. The van der Waals surface area contributed by atoms with Crippen LogP contribution in [0.25, 0.3) is 0 Å². The molecule has 0 atom stereocenters. The van der Waals surface area contributed by atoms with Gasteiger partial charge in [-0.1, -0.05) is 0 Å². The predicted octanol–water partition coefficient (Wildman–Crippen LogP) is 0.383. The lowest BCUT2D eigenvalue weighted by molar-refractivity contribution is 0.0946. The molecule has 0 unspecified atom stereocenters. The zero-order chi connectivity index (χ0) is 12.4. The molecule has 1 aromatic rings. The fraction of sp³-hybridized carbons (Fsp3) is 0.538. The van der Waals surface area contributed by atoms with Gasteiger partial charge in [0.1, 0.15) is 5.69 Å². The number of hydrogen-bond acceptors (Lipinski definition) is 4. The SMILES string of the molecule is O=C(NC1CC1)c1ccc(N2CCNCC2)cn1. The van der Waals surface area contributed by atoms with Crippen molar-refractivity contribution in [2.75, 3.05) is 31.1 Å². The van der Waals surface area contributed by atoms with Gasteiger partial charge in [-0.05, 0) is 25.0 Å². The number of nitrogens with zero attached hydrogens (tertiary/aromatic N) is 2. The maximum atomic E-state index is 11.8. The zero-order valence-electron chi connectivity index (χ0n) is 10.4. The van der Waals surface area contributed by atoms with Gasteiger partial charge in [0.15, 0.2) is 0 Å². The molecule has 3 rings (SSSR count). The second-order valence-corrected chi connectivity index (χ2v) is 4.89. The van der Waals surface area contributed by atoms with Crippen LogP contribution in [0.4, 0.5) is 5.69 Å². The van der Waals surface area contributed by atoms with Crippen molar-refractivity contribution in [3.05, 3.63) is 24.0 Å². The zero-order valence-corrected chi connectivity index (χ0v) is 10.4. The quantitative estimate of drug-likeness (QED) is 0.810. The lowest BCUT2D eigenvalue weighted by Crippen LogP contribution is -2.43. The van der Waals surface area contributed by atoms with Gasteiger partial charge in [0.25, 0.3) is 5.91 Å². The van der Waals surface area contributed by atoms with E-state index in [0.29, 0.717) is 11.7 Å². The first-order valence-corrected chi connectivity index (χ1v) is 6.55. The molecule has 18 heavy (non-hydrogen) atoms. The lowest BCUT2D eigenvalue weighted by Gasteiger charge is -2.29. The van der Waals surface area contributed by atoms with E-state index in [9.17, 15) is 4.79 Å². The van der Waals surface area contributed by atoms with Crippen molar-refractivity contribution >= 4 is 11.6 Å². The average molecular weight is 246 g/mol. The van der Waals surface area contributed by atoms with Crippen LogP contribution >= 0.6 is 0 Å². The standard InChI is InChI=1S/C13H18N4O/c18-13(16-10-1-2-10)12-4-3-11(9-15-12)17-7-5-14-6-8-17/h3-4,9-10,14H,1-2,5-8H2,(H,16,18). The maximum absolute atomic E-state index is 11.8. The summed E-state index contributed by atoms with van der Waals surface area (Å²) in [6, 6.07) is 4.18. The van der Waals surface area contributed by atoms with Crippen molar-refractivity contribution in [3.8, 4) is 0 Å². The van der Waals surface area contributed by atoms with Crippen LogP contribution in [0.3, 0.4) is 0 Å². The van der Waals surface area contributed by atoms with E-state index >= 15 is 0 Å². The number of piperazine rings is 1. The van der Waals surface area contributed by atoms with Gasteiger partial charge in [0.05, 0.1) is 11.9 Å². The Labute approximate surface area is 107 Å². The van der Waals surface area contributed by atoms with Crippen molar-refractivity contribution in [3.63, 3.8) is 0 Å². The van der Waals surface area contributed by atoms with Crippen molar-refractivity contribution in [1.29, 1.82) is 0 Å². The number of carbonyl (C=O) groups is 1. The largest absolute Gasteiger partial charge is 0.368 e. The van der Waals surface area contributed by atoms with Gasteiger partial charge in [-0.3, -0.25) is 4.79 Å². The molecule has 1 aromatic heterocycles. The molecule has 2 heterocycles. The molecule has 1 aliphatic heterocycles. The van der Waals surface area contributed by atoms with Crippen molar-refractivity contribution in [1.82, 2.24) is 15.6 Å². The molecule has 2 N–H and O–H groups in total. The molecular weight excluding hydrogens is 228 g/mol. The molecule has 0 spiro atoms. The monoisotopic (exact) mass is 246 g/mol. The molecule has 5 nitrogen and oxygen atoms in total. The summed E-state index contributed by atoms with van der Waals surface area (Å²) in [5.74, 6) is -0.0515. The van der Waals surface area contributed by atoms with Gasteiger partial charge < -0.3 is 15.5 Å². The van der Waals surface area contributed by atoms with Gasteiger partial charge in [-0.2, -0.15) is 0 Å². The second-order valence-electron chi connectivity index (χ2n) is 4.89. The number of amides is 1. The number of anilines is 1. The summed E-state index contributed by atoms with van der Waals surface area (Å²) in [5, 5.41) is 6.26. The third kappa shape index (κ3) is 2.61. The van der Waals surface area contributed by atoms with E-state index in [0.717, 1.165) is 44.7 Å². The number of rotatable bonds is 3. The molecule has 2 aliphatic rings. The van der Waals surface area contributed by atoms with Crippen LogP contribution < -0.4 is 15.5 Å². The Morgan fingerprint density at radius 2 is 2.11 bits per heavy atom. The molecule has 2 fully saturated rings. The summed E-state index contributed by atoms with van der Waals surface area (Å²) in [4.78, 5) is 18.3. The van der Waals surface area contributed by atoms with Gasteiger partial charge >= 0.3 is 0 Å². The minimum Gasteiger partial charge on any atom is -0.368 e. The van der Waals surface area contributed by atoms with Crippen molar-refractivity contribution < 1.29 is 4.79 Å². The van der Waals surface area contributed by atoms with E-state index in [1.807, 2.05) is 12.1 Å². The number of aromatic nitrogens is 1. The van der Waals surface area contributed by atoms with E-state index < -0.39 is 0 Å². The Morgan fingerprint density at radius 3 is 2.72 bits per heavy atom. The topological polar surface area (TPSA) is 57.3 Å². The Hall–Kier alpha value is -1.62. The van der Waals surface area contributed by atoms with Crippen LogP contribution in [0.5, 0.6) is 0 Å². The molecule has 1 amide bonds. The van der Waals surface area contributed by atoms with Crippen LogP contribution in [0.15, 0.2) is 18.3 Å². The Balaban J connectivity index is 1.65. The van der Waals surface area contributed by atoms with Crippen LogP contribution in [-0.2, 0) is 0 Å². The van der Waals surface area contributed by atoms with E-state index in [1.165, 1.54) is 0 Å². The first-order chi connectivity index (χ1) is 8.83. The van der Waals surface area contributed by atoms with Crippen molar-refractivity contribution in [2.45, 2.75) is 18.9 Å². The molecule has 0 aromatic carbocycles.